The zero-order valence-electron chi connectivity index (χ0n) is 21.6. The minimum absolute atomic E-state index is 0.0522. The second kappa shape index (κ2) is 11.2. The Morgan fingerprint density at radius 1 is 0.947 bits per heavy atom. The first-order valence-electron chi connectivity index (χ1n) is 12.1. The number of carbonyl (C=O) groups is 3. The quantitative estimate of drug-likeness (QED) is 0.199. The molecular weight excluding hydrogens is 486 g/mol. The number of anilines is 1. The summed E-state index contributed by atoms with van der Waals surface area (Å²) in [6.07, 6.45) is -0.0131. The van der Waals surface area contributed by atoms with Gasteiger partial charge in [0.05, 0.1) is 38.4 Å². The molecule has 1 heterocycles. The molecule has 1 aliphatic heterocycles. The lowest BCUT2D eigenvalue weighted by molar-refractivity contribution is -0.139. The summed E-state index contributed by atoms with van der Waals surface area (Å²) in [5, 5.41) is 11.4. The van der Waals surface area contributed by atoms with E-state index in [2.05, 4.69) is 0 Å². The highest BCUT2D eigenvalue weighted by molar-refractivity contribution is 6.51. The van der Waals surface area contributed by atoms with Crippen molar-refractivity contribution in [2.75, 3.05) is 19.1 Å². The van der Waals surface area contributed by atoms with Crippen LogP contribution in [0, 0.1) is 0 Å². The molecule has 8 nitrogen and oxygen atoms in total. The van der Waals surface area contributed by atoms with E-state index in [0.29, 0.717) is 33.9 Å². The summed E-state index contributed by atoms with van der Waals surface area (Å²) in [5.41, 5.74) is 2.01. The molecule has 4 rings (SSSR count). The number of aliphatic hydroxyl groups excluding tert-OH is 1. The van der Waals surface area contributed by atoms with Crippen molar-refractivity contribution in [3.05, 3.63) is 95.1 Å². The first-order valence-corrected chi connectivity index (χ1v) is 12.1. The van der Waals surface area contributed by atoms with Gasteiger partial charge in [0.1, 0.15) is 17.3 Å². The third kappa shape index (κ3) is 5.39. The van der Waals surface area contributed by atoms with Gasteiger partial charge in [-0.1, -0.05) is 36.4 Å². The van der Waals surface area contributed by atoms with Gasteiger partial charge in [-0.2, -0.15) is 0 Å². The summed E-state index contributed by atoms with van der Waals surface area (Å²) in [5.74, 6) is -1.24. The zero-order chi connectivity index (χ0) is 27.4. The Hall–Kier alpha value is -4.59. The van der Waals surface area contributed by atoms with Crippen LogP contribution in [0.3, 0.4) is 0 Å². The van der Waals surface area contributed by atoms with Crippen molar-refractivity contribution >= 4 is 29.1 Å². The van der Waals surface area contributed by atoms with E-state index in [1.54, 1.807) is 72.8 Å². The molecule has 3 aromatic carbocycles. The molecule has 1 saturated heterocycles. The van der Waals surface area contributed by atoms with Crippen LogP contribution in [0.15, 0.2) is 78.4 Å². The number of nitrogens with zero attached hydrogens (tertiary/aromatic N) is 1. The smallest absolute Gasteiger partial charge is 0.309 e. The number of amides is 1. The second-order valence-corrected chi connectivity index (χ2v) is 9.06. The molecule has 0 aliphatic carbocycles. The minimum Gasteiger partial charge on any atom is -0.507 e. The number of rotatable bonds is 8. The van der Waals surface area contributed by atoms with Crippen LogP contribution in [0.4, 0.5) is 5.69 Å². The lowest BCUT2D eigenvalue weighted by atomic mass is 9.95. The number of benzene rings is 3. The molecule has 1 aliphatic rings. The maximum Gasteiger partial charge on any atom is 0.309 e. The second-order valence-electron chi connectivity index (χ2n) is 9.06. The van der Waals surface area contributed by atoms with Crippen molar-refractivity contribution < 1.29 is 33.7 Å². The van der Waals surface area contributed by atoms with Gasteiger partial charge in [0.15, 0.2) is 0 Å². The van der Waals surface area contributed by atoms with Crippen LogP contribution < -0.4 is 14.4 Å². The number of ether oxygens (including phenoxy) is 3. The van der Waals surface area contributed by atoms with E-state index in [1.807, 2.05) is 13.8 Å². The molecule has 8 heteroatoms. The van der Waals surface area contributed by atoms with Crippen LogP contribution in [0.25, 0.3) is 5.76 Å². The number of carbonyl (C=O) groups excluding carboxylic acids is 3. The molecule has 1 atom stereocenters. The first-order chi connectivity index (χ1) is 18.2. The summed E-state index contributed by atoms with van der Waals surface area (Å²) < 4.78 is 15.8. The van der Waals surface area contributed by atoms with Gasteiger partial charge in [0.2, 0.25) is 0 Å². The Kier molecular flexibility index (Phi) is 7.81. The normalized spacial score (nSPS) is 16.6. The fourth-order valence-electron chi connectivity index (χ4n) is 4.38. The van der Waals surface area contributed by atoms with E-state index < -0.39 is 23.7 Å². The molecular formula is C30H29NO7. The number of hydrogen-bond acceptors (Lipinski definition) is 7. The van der Waals surface area contributed by atoms with Gasteiger partial charge >= 0.3 is 5.97 Å². The lowest BCUT2D eigenvalue weighted by Gasteiger charge is -2.26. The molecule has 38 heavy (non-hydrogen) atoms. The van der Waals surface area contributed by atoms with Gasteiger partial charge < -0.3 is 19.3 Å². The van der Waals surface area contributed by atoms with Crippen LogP contribution in [0.2, 0.25) is 0 Å². The third-order valence-corrected chi connectivity index (χ3v) is 6.12. The molecule has 0 radical (unpaired) electrons. The molecule has 1 N–H and O–H groups in total. The van der Waals surface area contributed by atoms with Crippen LogP contribution >= 0.6 is 0 Å². The highest BCUT2D eigenvalue weighted by atomic mass is 16.5. The molecule has 196 valence electrons. The average molecular weight is 516 g/mol. The van der Waals surface area contributed by atoms with Gasteiger partial charge in [-0.3, -0.25) is 19.3 Å². The van der Waals surface area contributed by atoms with E-state index in [-0.39, 0.29) is 23.9 Å². The Bertz CT molecular complexity index is 1390. The maximum absolute atomic E-state index is 13.4. The standard InChI is InChI=1S/C30H29NO7/c1-18(2)38-24-10-6-8-21(17-24)28(33)26-27(20-7-5-9-23(16-20)36-3)31(30(35)29(26)34)22-13-11-19(12-14-22)15-25(32)37-4/h5-14,16-18,27,33H,15H2,1-4H3/b28-26-. The van der Waals surface area contributed by atoms with Crippen molar-refractivity contribution in [2.24, 2.45) is 0 Å². The van der Waals surface area contributed by atoms with Gasteiger partial charge in [-0.05, 0) is 61.4 Å². The molecule has 1 fully saturated rings. The van der Waals surface area contributed by atoms with Gasteiger partial charge in [-0.25, -0.2) is 0 Å². The fourth-order valence-corrected chi connectivity index (χ4v) is 4.38. The molecule has 1 amide bonds. The third-order valence-electron chi connectivity index (χ3n) is 6.12. The molecule has 0 bridgehead atoms. The largest absolute Gasteiger partial charge is 0.507 e. The Balaban J connectivity index is 1.85. The number of aliphatic hydroxyl groups is 1. The predicted molar refractivity (Wildman–Crippen MR) is 142 cm³/mol. The Labute approximate surface area is 221 Å². The highest BCUT2D eigenvalue weighted by Gasteiger charge is 2.47. The number of hydrogen-bond donors (Lipinski definition) is 1. The van der Waals surface area contributed by atoms with E-state index in [1.165, 1.54) is 19.1 Å². The highest BCUT2D eigenvalue weighted by Crippen LogP contribution is 2.43. The molecule has 1 unspecified atom stereocenters. The van der Waals surface area contributed by atoms with Crippen molar-refractivity contribution in [3.8, 4) is 11.5 Å². The van der Waals surface area contributed by atoms with E-state index in [0.717, 1.165) is 0 Å². The van der Waals surface area contributed by atoms with Crippen LogP contribution in [-0.2, 0) is 25.5 Å². The fraction of sp³-hybridized carbons (Fsp3) is 0.233. The monoisotopic (exact) mass is 515 g/mol. The number of Topliss-reactive ketones (excluding diaryl/α,β-unsaturated/α-hetero) is 1. The van der Waals surface area contributed by atoms with Gasteiger partial charge in [0.25, 0.3) is 11.7 Å². The predicted octanol–water partition coefficient (Wildman–Crippen LogP) is 4.82. The maximum atomic E-state index is 13.4. The summed E-state index contributed by atoms with van der Waals surface area (Å²) in [6.45, 7) is 3.77. The summed E-state index contributed by atoms with van der Waals surface area (Å²) >= 11 is 0. The summed E-state index contributed by atoms with van der Waals surface area (Å²) in [7, 11) is 2.84. The topological polar surface area (TPSA) is 102 Å². The van der Waals surface area contributed by atoms with E-state index in [9.17, 15) is 19.5 Å². The number of ketones is 1. The minimum atomic E-state index is -0.925. The summed E-state index contributed by atoms with van der Waals surface area (Å²) in [4.78, 5) is 39.8. The molecule has 0 spiro atoms. The molecule has 0 saturated carbocycles. The van der Waals surface area contributed by atoms with Gasteiger partial charge in [0, 0.05) is 11.3 Å². The SMILES string of the molecule is COC(=O)Cc1ccc(N2C(=O)C(=O)/C(=C(\O)c3cccc(OC(C)C)c3)C2c2cccc(OC)c2)cc1. The van der Waals surface area contributed by atoms with Crippen molar-refractivity contribution in [3.63, 3.8) is 0 Å². The van der Waals surface area contributed by atoms with E-state index in [4.69, 9.17) is 14.2 Å². The van der Waals surface area contributed by atoms with Crippen LogP contribution in [0.1, 0.15) is 36.6 Å². The average Bonchev–Trinajstić information content (AvgIpc) is 3.18. The van der Waals surface area contributed by atoms with Crippen molar-refractivity contribution in [2.45, 2.75) is 32.4 Å². The van der Waals surface area contributed by atoms with Crippen LogP contribution in [-0.4, -0.2) is 43.1 Å². The first kappa shape index (κ1) is 26.5. The molecule has 0 aromatic heterocycles. The zero-order valence-corrected chi connectivity index (χ0v) is 21.6. The Morgan fingerprint density at radius 2 is 1.63 bits per heavy atom. The number of esters is 1. The van der Waals surface area contributed by atoms with Crippen LogP contribution in [0.5, 0.6) is 11.5 Å². The van der Waals surface area contributed by atoms with Gasteiger partial charge in [-0.15, -0.1) is 0 Å². The summed E-state index contributed by atoms with van der Waals surface area (Å²) in [6, 6.07) is 19.5. The van der Waals surface area contributed by atoms with Crippen molar-refractivity contribution in [1.29, 1.82) is 0 Å². The number of methoxy groups -OCH3 is 2. The Morgan fingerprint density at radius 3 is 2.29 bits per heavy atom. The molecule has 3 aromatic rings. The lowest BCUT2D eigenvalue weighted by Crippen LogP contribution is -2.29. The van der Waals surface area contributed by atoms with Crippen molar-refractivity contribution in [1.82, 2.24) is 0 Å². The van der Waals surface area contributed by atoms with E-state index >= 15 is 0 Å².